The molecule has 1 N–H and O–H groups in total. The van der Waals surface area contributed by atoms with Gasteiger partial charge in [-0.2, -0.15) is 0 Å². The second kappa shape index (κ2) is 10.1. The van der Waals surface area contributed by atoms with Gasteiger partial charge < -0.3 is 9.73 Å². The van der Waals surface area contributed by atoms with Gasteiger partial charge in [0.05, 0.1) is 36.8 Å². The minimum absolute atomic E-state index is 0.101. The molecule has 3 aromatic carbocycles. The van der Waals surface area contributed by atoms with E-state index in [1.54, 1.807) is 59.4 Å². The molecule has 0 atom stereocenters. The second-order valence-electron chi connectivity index (χ2n) is 9.17. The van der Waals surface area contributed by atoms with Gasteiger partial charge in [-0.25, -0.2) is 4.79 Å². The van der Waals surface area contributed by atoms with Crippen LogP contribution in [0, 0.1) is 13.8 Å². The molecule has 2 aromatic heterocycles. The van der Waals surface area contributed by atoms with Crippen molar-refractivity contribution in [3.8, 4) is 0 Å². The van der Waals surface area contributed by atoms with Crippen molar-refractivity contribution in [3.63, 3.8) is 0 Å². The first-order valence-electron chi connectivity index (χ1n) is 12.1. The summed E-state index contributed by atoms with van der Waals surface area (Å²) in [7, 11) is 0. The summed E-state index contributed by atoms with van der Waals surface area (Å²) in [5.74, 6) is 0.430. The molecule has 0 bridgehead atoms. The number of fused-ring (bicyclic) bond motifs is 1. The molecule has 7 nitrogen and oxygen atoms in total. The Labute approximate surface area is 213 Å². The molecule has 37 heavy (non-hydrogen) atoms. The Bertz CT molecular complexity index is 1690. The van der Waals surface area contributed by atoms with Crippen LogP contribution in [0.1, 0.15) is 38.4 Å². The average Bonchev–Trinajstić information content (AvgIpc) is 3.44. The Morgan fingerprint density at radius 1 is 0.865 bits per heavy atom. The van der Waals surface area contributed by atoms with E-state index in [-0.39, 0.29) is 23.7 Å². The zero-order valence-electron chi connectivity index (χ0n) is 20.7. The number of hydrogen-bond donors (Lipinski definition) is 1. The minimum atomic E-state index is -0.370. The fourth-order valence-corrected chi connectivity index (χ4v) is 4.43. The van der Waals surface area contributed by atoms with Crippen molar-refractivity contribution in [2.45, 2.75) is 33.5 Å². The number of nitrogens with one attached hydrogen (secondary N) is 1. The third-order valence-electron chi connectivity index (χ3n) is 6.53. The number of furan rings is 1. The smallest absolute Gasteiger partial charge is 0.332 e. The molecule has 7 heteroatoms. The maximum Gasteiger partial charge on any atom is 0.332 e. The summed E-state index contributed by atoms with van der Waals surface area (Å²) in [6, 6.07) is 23.8. The number of amides is 1. The third kappa shape index (κ3) is 5.02. The maximum atomic E-state index is 13.6. The first-order valence-corrected chi connectivity index (χ1v) is 12.1. The second-order valence-corrected chi connectivity index (χ2v) is 9.17. The van der Waals surface area contributed by atoms with Gasteiger partial charge in [-0.05, 0) is 66.9 Å². The molecule has 5 aromatic rings. The van der Waals surface area contributed by atoms with Crippen molar-refractivity contribution >= 4 is 16.8 Å². The van der Waals surface area contributed by atoms with Crippen molar-refractivity contribution in [1.82, 2.24) is 14.5 Å². The summed E-state index contributed by atoms with van der Waals surface area (Å²) in [5, 5.41) is 3.29. The monoisotopic (exact) mass is 493 g/mol. The highest BCUT2D eigenvalue weighted by Gasteiger charge is 2.15. The van der Waals surface area contributed by atoms with E-state index in [0.717, 1.165) is 22.3 Å². The van der Waals surface area contributed by atoms with Crippen molar-refractivity contribution in [1.29, 1.82) is 0 Å². The predicted molar refractivity (Wildman–Crippen MR) is 143 cm³/mol. The van der Waals surface area contributed by atoms with Crippen LogP contribution in [0.2, 0.25) is 0 Å². The van der Waals surface area contributed by atoms with Crippen LogP contribution < -0.4 is 16.6 Å². The number of para-hydroxylation sites is 1. The Morgan fingerprint density at radius 2 is 1.65 bits per heavy atom. The number of benzene rings is 3. The summed E-state index contributed by atoms with van der Waals surface area (Å²) in [4.78, 5) is 39.4. The van der Waals surface area contributed by atoms with Crippen molar-refractivity contribution in [3.05, 3.63) is 140 Å². The van der Waals surface area contributed by atoms with Crippen molar-refractivity contribution in [2.75, 3.05) is 0 Å². The molecule has 0 unspecified atom stereocenters. The van der Waals surface area contributed by atoms with Crippen LogP contribution in [-0.4, -0.2) is 15.0 Å². The molecule has 0 aliphatic heterocycles. The average molecular weight is 494 g/mol. The molecule has 0 aliphatic carbocycles. The zero-order chi connectivity index (χ0) is 25.9. The quantitative estimate of drug-likeness (QED) is 0.364. The molecule has 0 fully saturated rings. The first-order chi connectivity index (χ1) is 17.9. The number of hydrogen-bond acceptors (Lipinski definition) is 4. The lowest BCUT2D eigenvalue weighted by atomic mass is 10.1. The maximum absolute atomic E-state index is 13.6. The summed E-state index contributed by atoms with van der Waals surface area (Å²) in [5.41, 5.74) is 4.35. The highest BCUT2D eigenvalue weighted by Crippen LogP contribution is 2.15. The Morgan fingerprint density at radius 3 is 2.41 bits per heavy atom. The topological polar surface area (TPSA) is 86.2 Å². The normalized spacial score (nSPS) is 11.1. The summed E-state index contributed by atoms with van der Waals surface area (Å²) >= 11 is 0. The highest BCUT2D eigenvalue weighted by molar-refractivity contribution is 5.94. The van der Waals surface area contributed by atoms with Crippen LogP contribution in [0.4, 0.5) is 0 Å². The lowest BCUT2D eigenvalue weighted by Crippen LogP contribution is -2.40. The molecular formula is C30H27N3O4. The lowest BCUT2D eigenvalue weighted by molar-refractivity contribution is 0.0948. The van der Waals surface area contributed by atoms with Gasteiger partial charge in [-0.3, -0.25) is 18.7 Å². The van der Waals surface area contributed by atoms with Gasteiger partial charge in [0.15, 0.2) is 0 Å². The number of nitrogens with zero attached hydrogens (tertiary/aromatic N) is 2. The molecule has 186 valence electrons. The van der Waals surface area contributed by atoms with Gasteiger partial charge in [0, 0.05) is 5.56 Å². The van der Waals surface area contributed by atoms with Gasteiger partial charge in [0.2, 0.25) is 0 Å². The van der Waals surface area contributed by atoms with Crippen molar-refractivity contribution < 1.29 is 9.21 Å². The van der Waals surface area contributed by atoms with Gasteiger partial charge in [-0.15, -0.1) is 0 Å². The van der Waals surface area contributed by atoms with Gasteiger partial charge in [-0.1, -0.05) is 48.0 Å². The minimum Gasteiger partial charge on any atom is -0.467 e. The lowest BCUT2D eigenvalue weighted by Gasteiger charge is -2.16. The predicted octanol–water partition coefficient (Wildman–Crippen LogP) is 4.40. The fourth-order valence-electron chi connectivity index (χ4n) is 4.43. The van der Waals surface area contributed by atoms with Gasteiger partial charge in [0.25, 0.3) is 11.5 Å². The number of carbonyl (C=O) groups excluding carboxylic acids is 1. The number of aryl methyl sites for hydroxylation is 2. The molecule has 0 radical (unpaired) electrons. The van der Waals surface area contributed by atoms with Crippen LogP contribution in [0.5, 0.6) is 0 Å². The summed E-state index contributed by atoms with van der Waals surface area (Å²) in [6.07, 6.45) is 1.56. The molecule has 0 saturated carbocycles. The SMILES string of the molecule is Cc1ccc(C)c(Cn2c(=O)n(Cc3ccc(C(=O)NCc4ccco4)cc3)c(=O)c3ccccc32)c1. The van der Waals surface area contributed by atoms with Crippen LogP contribution in [0.15, 0.2) is 99.1 Å². The van der Waals surface area contributed by atoms with E-state index in [9.17, 15) is 14.4 Å². The largest absolute Gasteiger partial charge is 0.467 e. The highest BCUT2D eigenvalue weighted by atomic mass is 16.3. The summed E-state index contributed by atoms with van der Waals surface area (Å²) in [6.45, 7) is 4.79. The molecule has 0 saturated heterocycles. The Hall–Kier alpha value is -4.65. The standard InChI is InChI=1S/C30H27N3O4/c1-20-9-10-21(2)24(16-20)19-32-27-8-4-3-7-26(27)29(35)33(30(32)36)18-22-11-13-23(14-12-22)28(34)31-17-25-6-5-15-37-25/h3-16H,17-19H2,1-2H3,(H,31,34). The molecular weight excluding hydrogens is 466 g/mol. The number of aromatic nitrogens is 2. The molecule has 0 aliphatic rings. The van der Waals surface area contributed by atoms with E-state index in [4.69, 9.17) is 4.42 Å². The van der Waals surface area contributed by atoms with Crippen LogP contribution in [0.3, 0.4) is 0 Å². The number of carbonyl (C=O) groups is 1. The van der Waals surface area contributed by atoms with Crippen LogP contribution >= 0.6 is 0 Å². The van der Waals surface area contributed by atoms with Crippen LogP contribution in [0.25, 0.3) is 10.9 Å². The molecule has 1 amide bonds. The molecule has 5 rings (SSSR count). The number of rotatable bonds is 7. The molecule has 0 spiro atoms. The molecule has 2 heterocycles. The third-order valence-corrected chi connectivity index (χ3v) is 6.53. The van der Waals surface area contributed by atoms with Crippen molar-refractivity contribution in [2.24, 2.45) is 0 Å². The fraction of sp³-hybridized carbons (Fsp3) is 0.167. The van der Waals surface area contributed by atoms with Gasteiger partial charge >= 0.3 is 5.69 Å². The van der Waals surface area contributed by atoms with E-state index in [1.807, 2.05) is 38.1 Å². The Balaban J connectivity index is 1.46. The van der Waals surface area contributed by atoms with E-state index < -0.39 is 0 Å². The summed E-state index contributed by atoms with van der Waals surface area (Å²) < 4.78 is 8.16. The van der Waals surface area contributed by atoms with Crippen LogP contribution in [-0.2, 0) is 19.6 Å². The van der Waals surface area contributed by atoms with E-state index in [0.29, 0.717) is 35.3 Å². The van der Waals surface area contributed by atoms with Gasteiger partial charge in [0.1, 0.15) is 5.76 Å². The Kier molecular flexibility index (Phi) is 6.60. The van der Waals surface area contributed by atoms with E-state index >= 15 is 0 Å². The van der Waals surface area contributed by atoms with E-state index in [2.05, 4.69) is 11.4 Å². The zero-order valence-corrected chi connectivity index (χ0v) is 20.7. The van der Waals surface area contributed by atoms with E-state index in [1.165, 1.54) is 4.57 Å². The first kappa shape index (κ1) is 24.1.